The van der Waals surface area contributed by atoms with Crippen molar-refractivity contribution >= 4 is 34.6 Å². The molecule has 0 aliphatic carbocycles. The van der Waals surface area contributed by atoms with E-state index < -0.39 is 0 Å². The Balaban J connectivity index is 2.20. The first kappa shape index (κ1) is 13.4. The molecule has 1 aliphatic heterocycles. The summed E-state index contributed by atoms with van der Waals surface area (Å²) in [5.74, 6) is -0.0243. The maximum absolute atomic E-state index is 12.5. The Bertz CT molecular complexity index is 460. The zero-order valence-electron chi connectivity index (χ0n) is 10.3. The van der Waals surface area contributed by atoms with Gasteiger partial charge < -0.3 is 10.6 Å². The van der Waals surface area contributed by atoms with Crippen molar-refractivity contribution in [3.05, 3.63) is 10.6 Å². The highest BCUT2D eigenvalue weighted by molar-refractivity contribution is 7.80. The lowest BCUT2D eigenvalue weighted by atomic mass is 10.2. The summed E-state index contributed by atoms with van der Waals surface area (Å²) in [6, 6.07) is -0.107. The molecule has 1 aliphatic rings. The quantitative estimate of drug-likeness (QED) is 0.846. The third kappa shape index (κ3) is 2.51. The Morgan fingerprint density at radius 3 is 3.11 bits per heavy atom. The molecule has 1 fully saturated rings. The topological polar surface area (TPSA) is 72.1 Å². The van der Waals surface area contributed by atoms with E-state index in [1.807, 2.05) is 0 Å². The summed E-state index contributed by atoms with van der Waals surface area (Å²) < 4.78 is 3.88. The maximum Gasteiger partial charge on any atom is 0.268 e. The van der Waals surface area contributed by atoms with E-state index in [1.165, 1.54) is 0 Å². The van der Waals surface area contributed by atoms with E-state index in [0.717, 1.165) is 42.9 Å². The van der Waals surface area contributed by atoms with Gasteiger partial charge in [0.25, 0.3) is 5.91 Å². The zero-order chi connectivity index (χ0) is 13.1. The van der Waals surface area contributed by atoms with Crippen LogP contribution in [-0.4, -0.2) is 38.0 Å². The highest BCUT2D eigenvalue weighted by Crippen LogP contribution is 2.23. The molecule has 2 N–H and O–H groups in total. The summed E-state index contributed by atoms with van der Waals surface area (Å²) in [7, 11) is 0. The lowest BCUT2D eigenvalue weighted by molar-refractivity contribution is 0.0774. The molecule has 0 radical (unpaired) electrons. The van der Waals surface area contributed by atoms with Crippen molar-refractivity contribution in [2.75, 3.05) is 6.54 Å². The molecule has 5 nitrogen and oxygen atoms in total. The molecule has 0 spiro atoms. The molecule has 2 rings (SSSR count). The smallest absolute Gasteiger partial charge is 0.268 e. The van der Waals surface area contributed by atoms with Crippen LogP contribution in [0.15, 0.2) is 0 Å². The van der Waals surface area contributed by atoms with E-state index >= 15 is 0 Å². The number of hydrogen-bond acceptors (Lipinski definition) is 5. The molecule has 1 atom stereocenters. The van der Waals surface area contributed by atoms with Gasteiger partial charge in [0.05, 0.1) is 16.7 Å². The van der Waals surface area contributed by atoms with Crippen molar-refractivity contribution in [3.8, 4) is 0 Å². The van der Waals surface area contributed by atoms with E-state index in [4.69, 9.17) is 18.0 Å². The number of likely N-dealkylation sites (tertiary alicyclic amines) is 1. The number of hydrogen-bond donors (Lipinski definition) is 1. The van der Waals surface area contributed by atoms with Crippen molar-refractivity contribution in [1.82, 2.24) is 14.5 Å². The van der Waals surface area contributed by atoms with Crippen LogP contribution in [0.5, 0.6) is 0 Å². The van der Waals surface area contributed by atoms with Crippen molar-refractivity contribution in [2.24, 2.45) is 5.73 Å². The molecule has 2 heterocycles. The number of nitrogens with two attached hydrogens (primary N) is 1. The number of amides is 1. The second-order valence-electron chi connectivity index (χ2n) is 4.36. The van der Waals surface area contributed by atoms with Crippen LogP contribution in [-0.2, 0) is 6.42 Å². The van der Waals surface area contributed by atoms with Crippen LogP contribution in [0.2, 0.25) is 0 Å². The van der Waals surface area contributed by atoms with Crippen molar-refractivity contribution in [3.63, 3.8) is 0 Å². The second-order valence-corrected chi connectivity index (χ2v) is 5.58. The van der Waals surface area contributed by atoms with Gasteiger partial charge in [0.2, 0.25) is 0 Å². The van der Waals surface area contributed by atoms with Gasteiger partial charge >= 0.3 is 0 Å². The van der Waals surface area contributed by atoms with Crippen LogP contribution in [0, 0.1) is 0 Å². The third-order valence-corrected chi connectivity index (χ3v) is 4.11. The minimum atomic E-state index is -0.107. The molecule has 0 bridgehead atoms. The summed E-state index contributed by atoms with van der Waals surface area (Å²) >= 11 is 6.18. The van der Waals surface area contributed by atoms with Crippen molar-refractivity contribution < 1.29 is 4.79 Å². The Hall–Kier alpha value is -1.08. The van der Waals surface area contributed by atoms with E-state index in [9.17, 15) is 4.79 Å². The molecule has 18 heavy (non-hydrogen) atoms. The van der Waals surface area contributed by atoms with Crippen LogP contribution in [0.25, 0.3) is 0 Å². The van der Waals surface area contributed by atoms with Crippen LogP contribution in [0.3, 0.4) is 0 Å². The Morgan fingerprint density at radius 1 is 1.67 bits per heavy atom. The van der Waals surface area contributed by atoms with Crippen LogP contribution in [0.4, 0.5) is 0 Å². The zero-order valence-corrected chi connectivity index (χ0v) is 11.9. The molecule has 0 saturated carbocycles. The monoisotopic (exact) mass is 284 g/mol. The number of nitrogens with zero attached hydrogens (tertiary/aromatic N) is 3. The first-order valence-corrected chi connectivity index (χ1v) is 7.24. The number of carbonyl (C=O) groups is 1. The summed E-state index contributed by atoms with van der Waals surface area (Å²) in [4.78, 5) is 15.3. The van der Waals surface area contributed by atoms with E-state index in [-0.39, 0.29) is 11.9 Å². The molecule has 1 aromatic rings. The normalized spacial score (nSPS) is 19.2. The number of rotatable bonds is 4. The highest BCUT2D eigenvalue weighted by atomic mass is 32.1. The second kappa shape index (κ2) is 5.71. The molecule has 0 aromatic carbocycles. The predicted molar refractivity (Wildman–Crippen MR) is 74.7 cm³/mol. The third-order valence-electron chi connectivity index (χ3n) is 3.08. The Kier molecular flexibility index (Phi) is 4.23. The lowest BCUT2D eigenvalue weighted by Crippen LogP contribution is -2.42. The molecule has 1 aromatic heterocycles. The predicted octanol–water partition coefficient (Wildman–Crippen LogP) is 1.38. The minimum Gasteiger partial charge on any atom is -0.392 e. The van der Waals surface area contributed by atoms with Gasteiger partial charge in [0.15, 0.2) is 0 Å². The fourth-order valence-electron chi connectivity index (χ4n) is 2.21. The fraction of sp³-hybridized carbons (Fsp3) is 0.636. The molecule has 7 heteroatoms. The summed E-state index contributed by atoms with van der Waals surface area (Å²) in [5, 5.41) is 4.03. The lowest BCUT2D eigenvalue weighted by Gasteiger charge is -2.23. The van der Waals surface area contributed by atoms with Gasteiger partial charge in [-0.2, -0.15) is 0 Å². The van der Waals surface area contributed by atoms with E-state index in [1.54, 1.807) is 4.90 Å². The fourth-order valence-corrected chi connectivity index (χ4v) is 3.12. The standard InChI is InChI=1S/C11H16N4OS2/c1-2-4-7-9(18-14-13-7)11(16)15-6-3-5-8(15)10(12)17/h8H,2-6H2,1H3,(H2,12,17). The largest absolute Gasteiger partial charge is 0.392 e. The summed E-state index contributed by atoms with van der Waals surface area (Å²) in [6.45, 7) is 2.77. The molecular weight excluding hydrogens is 268 g/mol. The number of aryl methyl sites for hydroxylation is 1. The van der Waals surface area contributed by atoms with Crippen LogP contribution >= 0.6 is 23.8 Å². The van der Waals surface area contributed by atoms with Crippen LogP contribution < -0.4 is 5.73 Å². The summed E-state index contributed by atoms with van der Waals surface area (Å²) in [5.41, 5.74) is 6.48. The molecular formula is C11H16N4OS2. The average molecular weight is 284 g/mol. The highest BCUT2D eigenvalue weighted by Gasteiger charge is 2.33. The van der Waals surface area contributed by atoms with Gasteiger partial charge in [-0.25, -0.2) is 0 Å². The molecule has 1 saturated heterocycles. The van der Waals surface area contributed by atoms with Gasteiger partial charge in [-0.3, -0.25) is 4.79 Å². The first-order valence-electron chi connectivity index (χ1n) is 6.06. The van der Waals surface area contributed by atoms with E-state index in [2.05, 4.69) is 16.5 Å². The number of aromatic nitrogens is 2. The first-order chi connectivity index (χ1) is 8.65. The van der Waals surface area contributed by atoms with E-state index in [0.29, 0.717) is 16.4 Å². The number of carbonyl (C=O) groups excluding carboxylic acids is 1. The average Bonchev–Trinajstić information content (AvgIpc) is 2.96. The molecule has 1 unspecified atom stereocenters. The Morgan fingerprint density at radius 2 is 2.44 bits per heavy atom. The van der Waals surface area contributed by atoms with Gasteiger partial charge in [0.1, 0.15) is 4.88 Å². The van der Waals surface area contributed by atoms with Gasteiger partial charge in [-0.15, -0.1) is 5.10 Å². The van der Waals surface area contributed by atoms with Crippen molar-refractivity contribution in [2.45, 2.75) is 38.6 Å². The molecule has 98 valence electrons. The minimum absolute atomic E-state index is 0.0243. The van der Waals surface area contributed by atoms with Gasteiger partial charge in [-0.1, -0.05) is 30.1 Å². The molecule has 1 amide bonds. The number of thiocarbonyl (C=S) groups is 1. The van der Waals surface area contributed by atoms with Gasteiger partial charge in [0, 0.05) is 6.54 Å². The Labute approximate surface area is 116 Å². The van der Waals surface area contributed by atoms with Crippen molar-refractivity contribution in [1.29, 1.82) is 0 Å². The van der Waals surface area contributed by atoms with Gasteiger partial charge in [-0.05, 0) is 30.8 Å². The summed E-state index contributed by atoms with van der Waals surface area (Å²) in [6.07, 6.45) is 3.53. The maximum atomic E-state index is 12.5. The van der Waals surface area contributed by atoms with Crippen LogP contribution in [0.1, 0.15) is 41.6 Å². The SMILES string of the molecule is CCCc1nnsc1C(=O)N1CCCC1C(N)=S.